The lowest BCUT2D eigenvalue weighted by atomic mass is 10.1. The van der Waals surface area contributed by atoms with Gasteiger partial charge in [-0.3, -0.25) is 4.79 Å². The molecule has 3 rings (SSSR count). The lowest BCUT2D eigenvalue weighted by Crippen LogP contribution is -2.38. The summed E-state index contributed by atoms with van der Waals surface area (Å²) in [6.45, 7) is -0.0975. The highest BCUT2D eigenvalue weighted by Gasteiger charge is 2.32. The molecule has 0 bridgehead atoms. The van der Waals surface area contributed by atoms with Gasteiger partial charge in [-0.2, -0.15) is 0 Å². The van der Waals surface area contributed by atoms with Crippen LogP contribution in [0.5, 0.6) is 5.75 Å². The Balaban J connectivity index is 1.90. The van der Waals surface area contributed by atoms with E-state index in [4.69, 9.17) is 18.9 Å². The summed E-state index contributed by atoms with van der Waals surface area (Å²) in [5, 5.41) is 2.80. The molecule has 1 aliphatic rings. The summed E-state index contributed by atoms with van der Waals surface area (Å²) in [6, 6.07) is 13.5. The van der Waals surface area contributed by atoms with Crippen molar-refractivity contribution in [2.45, 2.75) is 0 Å². The molecule has 9 nitrogen and oxygen atoms in total. The van der Waals surface area contributed by atoms with E-state index in [1.54, 1.807) is 55.6 Å². The minimum atomic E-state index is -0.711. The van der Waals surface area contributed by atoms with Gasteiger partial charge in [0.05, 0.1) is 33.5 Å². The fraction of sp³-hybridized carbons (Fsp3) is 0.227. The SMILES string of the molecule is COC(=O)C1=C(C(=O)OC)N(c2cccc(C(=O)Nc3ccc(OC)cc3)c2)COC1. The second kappa shape index (κ2) is 9.77. The first-order valence-electron chi connectivity index (χ1n) is 9.29. The van der Waals surface area contributed by atoms with Crippen molar-refractivity contribution in [2.24, 2.45) is 0 Å². The lowest BCUT2D eigenvalue weighted by Gasteiger charge is -2.31. The molecule has 0 atom stereocenters. The minimum Gasteiger partial charge on any atom is -0.497 e. The van der Waals surface area contributed by atoms with Crippen molar-refractivity contribution in [3.05, 3.63) is 65.4 Å². The second-order valence-corrected chi connectivity index (χ2v) is 6.45. The number of nitrogens with one attached hydrogen (secondary N) is 1. The van der Waals surface area contributed by atoms with Crippen molar-refractivity contribution in [1.82, 2.24) is 0 Å². The van der Waals surface area contributed by atoms with Crippen LogP contribution in [0.2, 0.25) is 0 Å². The summed E-state index contributed by atoms with van der Waals surface area (Å²) < 4.78 is 20.2. The molecule has 162 valence electrons. The first-order valence-corrected chi connectivity index (χ1v) is 9.29. The monoisotopic (exact) mass is 426 g/mol. The number of methoxy groups -OCH3 is 3. The van der Waals surface area contributed by atoms with Crippen LogP contribution in [0.15, 0.2) is 59.8 Å². The van der Waals surface area contributed by atoms with Crippen LogP contribution in [0, 0.1) is 0 Å². The smallest absolute Gasteiger partial charge is 0.355 e. The van der Waals surface area contributed by atoms with E-state index in [1.165, 1.54) is 19.1 Å². The van der Waals surface area contributed by atoms with Crippen LogP contribution in [0.4, 0.5) is 11.4 Å². The van der Waals surface area contributed by atoms with E-state index in [2.05, 4.69) is 5.32 Å². The molecule has 0 saturated carbocycles. The van der Waals surface area contributed by atoms with Crippen molar-refractivity contribution in [1.29, 1.82) is 0 Å². The molecule has 2 aromatic rings. The number of hydrogen-bond donors (Lipinski definition) is 1. The number of carbonyl (C=O) groups excluding carboxylic acids is 3. The molecule has 0 unspecified atom stereocenters. The van der Waals surface area contributed by atoms with Gasteiger partial charge in [0, 0.05) is 16.9 Å². The summed E-state index contributed by atoms with van der Waals surface area (Å²) in [6.07, 6.45) is 0. The van der Waals surface area contributed by atoms with Crippen molar-refractivity contribution in [2.75, 3.05) is 44.9 Å². The minimum absolute atomic E-state index is 0.00548. The van der Waals surface area contributed by atoms with Gasteiger partial charge in [-0.1, -0.05) is 6.07 Å². The van der Waals surface area contributed by atoms with Crippen LogP contribution in [0.1, 0.15) is 10.4 Å². The number of rotatable bonds is 6. The topological polar surface area (TPSA) is 103 Å². The molecule has 1 N–H and O–H groups in total. The van der Waals surface area contributed by atoms with Gasteiger partial charge in [0.1, 0.15) is 18.2 Å². The normalized spacial score (nSPS) is 13.5. The van der Waals surface area contributed by atoms with Crippen molar-refractivity contribution < 1.29 is 33.3 Å². The van der Waals surface area contributed by atoms with Gasteiger partial charge in [-0.05, 0) is 42.5 Å². The molecular weight excluding hydrogens is 404 g/mol. The van der Waals surface area contributed by atoms with Crippen LogP contribution in [0.3, 0.4) is 0 Å². The molecule has 31 heavy (non-hydrogen) atoms. The molecule has 0 aliphatic carbocycles. The Morgan fingerprint density at radius 2 is 1.68 bits per heavy atom. The molecule has 0 fully saturated rings. The largest absolute Gasteiger partial charge is 0.497 e. The van der Waals surface area contributed by atoms with E-state index in [-0.39, 0.29) is 30.5 Å². The van der Waals surface area contributed by atoms with Gasteiger partial charge in [0.2, 0.25) is 0 Å². The van der Waals surface area contributed by atoms with E-state index < -0.39 is 11.9 Å². The third-order valence-electron chi connectivity index (χ3n) is 4.60. The Morgan fingerprint density at radius 1 is 0.968 bits per heavy atom. The summed E-state index contributed by atoms with van der Waals surface area (Å²) in [7, 11) is 4.00. The maximum absolute atomic E-state index is 12.7. The third-order valence-corrected chi connectivity index (χ3v) is 4.60. The number of esters is 2. The number of anilines is 2. The van der Waals surface area contributed by atoms with Crippen LogP contribution in [0.25, 0.3) is 0 Å². The molecule has 1 amide bonds. The second-order valence-electron chi connectivity index (χ2n) is 6.45. The Morgan fingerprint density at radius 3 is 2.32 bits per heavy atom. The Bertz CT molecular complexity index is 1010. The first kappa shape index (κ1) is 21.8. The van der Waals surface area contributed by atoms with Crippen LogP contribution in [-0.4, -0.2) is 52.5 Å². The van der Waals surface area contributed by atoms with Gasteiger partial charge in [0.25, 0.3) is 5.91 Å². The highest BCUT2D eigenvalue weighted by atomic mass is 16.5. The van der Waals surface area contributed by atoms with Crippen LogP contribution < -0.4 is 15.0 Å². The highest BCUT2D eigenvalue weighted by molar-refractivity contribution is 6.06. The average molecular weight is 426 g/mol. The molecule has 1 heterocycles. The summed E-state index contributed by atoms with van der Waals surface area (Å²) in [5.74, 6) is -1.08. The van der Waals surface area contributed by atoms with E-state index in [0.29, 0.717) is 22.7 Å². The highest BCUT2D eigenvalue weighted by Crippen LogP contribution is 2.27. The van der Waals surface area contributed by atoms with Gasteiger partial charge in [0.15, 0.2) is 0 Å². The number of carbonyl (C=O) groups is 3. The zero-order valence-corrected chi connectivity index (χ0v) is 17.3. The lowest BCUT2D eigenvalue weighted by molar-refractivity contribution is -0.140. The summed E-state index contributed by atoms with van der Waals surface area (Å²) in [4.78, 5) is 38.7. The van der Waals surface area contributed by atoms with E-state index in [1.807, 2.05) is 0 Å². The van der Waals surface area contributed by atoms with Crippen molar-refractivity contribution >= 4 is 29.2 Å². The maximum Gasteiger partial charge on any atom is 0.355 e. The Hall–Kier alpha value is -3.85. The molecule has 0 radical (unpaired) electrons. The van der Waals surface area contributed by atoms with Crippen molar-refractivity contribution in [3.8, 4) is 5.75 Å². The predicted molar refractivity (Wildman–Crippen MR) is 112 cm³/mol. The molecule has 1 aliphatic heterocycles. The molecule has 9 heteroatoms. The number of hydrogen-bond acceptors (Lipinski definition) is 8. The Kier molecular flexibility index (Phi) is 6.88. The van der Waals surface area contributed by atoms with Gasteiger partial charge in [-0.15, -0.1) is 0 Å². The van der Waals surface area contributed by atoms with Crippen LogP contribution in [-0.2, 0) is 23.8 Å². The number of ether oxygens (including phenoxy) is 4. The average Bonchev–Trinajstić information content (AvgIpc) is 2.83. The molecule has 2 aromatic carbocycles. The fourth-order valence-corrected chi connectivity index (χ4v) is 3.04. The number of nitrogens with zero attached hydrogens (tertiary/aromatic N) is 1. The third kappa shape index (κ3) is 4.84. The molecule has 0 aromatic heterocycles. The number of amides is 1. The molecular formula is C22H22N2O7. The number of benzene rings is 2. The predicted octanol–water partition coefficient (Wildman–Crippen LogP) is 2.34. The fourth-order valence-electron chi connectivity index (χ4n) is 3.04. The van der Waals surface area contributed by atoms with E-state index in [0.717, 1.165) is 0 Å². The zero-order chi connectivity index (χ0) is 22.4. The van der Waals surface area contributed by atoms with E-state index >= 15 is 0 Å². The van der Waals surface area contributed by atoms with Gasteiger partial charge in [-0.25, -0.2) is 9.59 Å². The zero-order valence-electron chi connectivity index (χ0n) is 17.3. The van der Waals surface area contributed by atoms with E-state index in [9.17, 15) is 14.4 Å². The van der Waals surface area contributed by atoms with Gasteiger partial charge >= 0.3 is 11.9 Å². The van der Waals surface area contributed by atoms with Crippen LogP contribution >= 0.6 is 0 Å². The summed E-state index contributed by atoms with van der Waals surface area (Å²) in [5.41, 5.74) is 1.47. The van der Waals surface area contributed by atoms with Crippen molar-refractivity contribution in [3.63, 3.8) is 0 Å². The Labute approximate surface area is 179 Å². The standard InChI is InChI=1S/C22H22N2O7/c1-28-17-9-7-15(8-10-17)23-20(25)14-5-4-6-16(11-14)24-13-31-12-18(21(26)29-2)19(24)22(27)30-3/h4-11H,12-13H2,1-3H3,(H,23,25). The quantitative estimate of drug-likeness (QED) is 0.702. The maximum atomic E-state index is 12.7. The van der Waals surface area contributed by atoms with Gasteiger partial charge < -0.3 is 29.2 Å². The first-order chi connectivity index (χ1) is 15.0. The molecule has 0 spiro atoms. The molecule has 0 saturated heterocycles. The summed E-state index contributed by atoms with van der Waals surface area (Å²) >= 11 is 0.